The molecule has 25 heavy (non-hydrogen) atoms. The smallest absolute Gasteiger partial charge is 0.225 e. The number of halogens is 1. The lowest BCUT2D eigenvalue weighted by molar-refractivity contribution is -0.115. The highest BCUT2D eigenvalue weighted by Crippen LogP contribution is 2.31. The van der Waals surface area contributed by atoms with E-state index in [2.05, 4.69) is 11.4 Å². The Bertz CT molecular complexity index is 761. The minimum atomic E-state index is -0.263. The van der Waals surface area contributed by atoms with Gasteiger partial charge in [0, 0.05) is 33.6 Å². The largest absolute Gasteiger partial charge is 0.325 e. The van der Waals surface area contributed by atoms with Crippen LogP contribution >= 0.6 is 23.5 Å². The number of benzene rings is 2. The summed E-state index contributed by atoms with van der Waals surface area (Å²) in [7, 11) is 0. The number of para-hydroxylation sites is 1. The van der Waals surface area contributed by atoms with Crippen LogP contribution in [-0.4, -0.2) is 16.9 Å². The van der Waals surface area contributed by atoms with Crippen molar-refractivity contribution in [2.75, 3.05) is 11.1 Å². The Morgan fingerprint density at radius 2 is 1.88 bits per heavy atom. The molecule has 1 unspecified atom stereocenters. The van der Waals surface area contributed by atoms with Crippen molar-refractivity contribution in [1.29, 1.82) is 5.26 Å². The fourth-order valence-electron chi connectivity index (χ4n) is 2.09. The number of carbonyl (C=O) groups excluding carboxylic acids is 1. The van der Waals surface area contributed by atoms with Gasteiger partial charge in [0.15, 0.2) is 0 Å². The average molecular weight is 375 g/mol. The highest BCUT2D eigenvalue weighted by molar-refractivity contribution is 8.00. The van der Waals surface area contributed by atoms with E-state index in [1.54, 1.807) is 30.0 Å². The first-order chi connectivity index (χ1) is 12.1. The summed E-state index contributed by atoms with van der Waals surface area (Å²) in [4.78, 5) is 13.7. The first-order valence-corrected chi connectivity index (χ1v) is 9.76. The summed E-state index contributed by atoms with van der Waals surface area (Å²) in [6.07, 6.45) is 0.748. The number of hydrogen-bond donors (Lipinski definition) is 1. The van der Waals surface area contributed by atoms with E-state index in [-0.39, 0.29) is 17.0 Å². The SMILES string of the molecule is CC(CC#N)Sc1ccccc1NC(=O)CCSc1ccccc1F. The molecule has 130 valence electrons. The summed E-state index contributed by atoms with van der Waals surface area (Å²) in [5.74, 6) is 0.137. The molecule has 0 radical (unpaired) electrons. The molecule has 0 aliphatic rings. The number of carbonyl (C=O) groups is 1. The van der Waals surface area contributed by atoms with Gasteiger partial charge in [0.05, 0.1) is 11.8 Å². The summed E-state index contributed by atoms with van der Waals surface area (Å²) < 4.78 is 13.6. The van der Waals surface area contributed by atoms with Crippen LogP contribution in [0.25, 0.3) is 0 Å². The molecule has 6 heteroatoms. The minimum absolute atomic E-state index is 0.107. The third-order valence-corrected chi connectivity index (χ3v) is 5.52. The molecular formula is C19H19FN2OS2. The van der Waals surface area contributed by atoms with Gasteiger partial charge in [-0.2, -0.15) is 5.26 Å². The van der Waals surface area contributed by atoms with Crippen LogP contribution in [0.1, 0.15) is 19.8 Å². The van der Waals surface area contributed by atoms with E-state index >= 15 is 0 Å². The fourth-order valence-corrected chi connectivity index (χ4v) is 3.97. The van der Waals surface area contributed by atoms with Crippen molar-refractivity contribution in [2.45, 2.75) is 34.8 Å². The van der Waals surface area contributed by atoms with Gasteiger partial charge in [0.2, 0.25) is 5.91 Å². The first kappa shape index (κ1) is 19.4. The Hall–Kier alpha value is -1.97. The average Bonchev–Trinajstić information content (AvgIpc) is 2.58. The molecule has 0 aromatic heterocycles. The number of nitriles is 1. The Morgan fingerprint density at radius 3 is 2.60 bits per heavy atom. The van der Waals surface area contributed by atoms with Crippen LogP contribution in [0.4, 0.5) is 10.1 Å². The van der Waals surface area contributed by atoms with Crippen LogP contribution in [0, 0.1) is 17.1 Å². The molecule has 2 aromatic carbocycles. The quantitative estimate of drug-likeness (QED) is 0.634. The van der Waals surface area contributed by atoms with Gasteiger partial charge in [-0.3, -0.25) is 4.79 Å². The molecule has 1 N–H and O–H groups in total. The molecule has 1 amide bonds. The molecular weight excluding hydrogens is 355 g/mol. The van der Waals surface area contributed by atoms with E-state index < -0.39 is 0 Å². The second-order valence-corrected chi connectivity index (χ2v) is 7.98. The summed E-state index contributed by atoms with van der Waals surface area (Å²) in [6.45, 7) is 1.98. The number of amides is 1. The molecule has 2 rings (SSSR count). The van der Waals surface area contributed by atoms with Crippen LogP contribution in [0.15, 0.2) is 58.3 Å². The van der Waals surface area contributed by atoms with Gasteiger partial charge in [-0.15, -0.1) is 23.5 Å². The summed E-state index contributed by atoms with van der Waals surface area (Å²) in [6, 6.07) is 16.3. The molecule has 0 saturated carbocycles. The zero-order valence-corrected chi connectivity index (χ0v) is 15.5. The standard InChI is InChI=1S/C19H19FN2OS2/c1-14(10-12-21)25-18-9-5-3-7-16(18)22-19(23)11-13-24-17-8-4-2-6-15(17)20/h2-9,14H,10-11,13H2,1H3,(H,22,23). The molecule has 0 spiro atoms. The predicted molar refractivity (Wildman–Crippen MR) is 102 cm³/mol. The van der Waals surface area contributed by atoms with Gasteiger partial charge in [0.1, 0.15) is 5.82 Å². The molecule has 0 saturated heterocycles. The van der Waals surface area contributed by atoms with Gasteiger partial charge in [-0.25, -0.2) is 4.39 Å². The Kier molecular flexibility index (Phi) is 7.83. The highest BCUT2D eigenvalue weighted by atomic mass is 32.2. The van der Waals surface area contributed by atoms with Gasteiger partial charge < -0.3 is 5.32 Å². The Balaban J connectivity index is 1.88. The second-order valence-electron chi connectivity index (χ2n) is 5.36. The number of nitrogens with zero attached hydrogens (tertiary/aromatic N) is 1. The topological polar surface area (TPSA) is 52.9 Å². The van der Waals surface area contributed by atoms with Crippen LogP contribution in [0.2, 0.25) is 0 Å². The monoisotopic (exact) mass is 374 g/mol. The fraction of sp³-hybridized carbons (Fsp3) is 0.263. The molecule has 0 heterocycles. The minimum Gasteiger partial charge on any atom is -0.325 e. The summed E-state index contributed by atoms with van der Waals surface area (Å²) in [5, 5.41) is 11.8. The lowest BCUT2D eigenvalue weighted by atomic mass is 10.3. The maximum atomic E-state index is 13.6. The highest BCUT2D eigenvalue weighted by Gasteiger charge is 2.11. The van der Waals surface area contributed by atoms with Crippen molar-refractivity contribution in [3.63, 3.8) is 0 Å². The molecule has 0 fully saturated rings. The zero-order valence-electron chi connectivity index (χ0n) is 13.9. The number of hydrogen-bond acceptors (Lipinski definition) is 4. The van der Waals surface area contributed by atoms with E-state index in [4.69, 9.17) is 5.26 Å². The lowest BCUT2D eigenvalue weighted by Crippen LogP contribution is -2.13. The second kappa shape index (κ2) is 10.1. The van der Waals surface area contributed by atoms with E-state index in [1.165, 1.54) is 17.8 Å². The van der Waals surface area contributed by atoms with E-state index in [1.807, 2.05) is 31.2 Å². The van der Waals surface area contributed by atoms with E-state index in [0.717, 1.165) is 10.6 Å². The Morgan fingerprint density at radius 1 is 1.20 bits per heavy atom. The van der Waals surface area contributed by atoms with Gasteiger partial charge >= 0.3 is 0 Å². The number of rotatable bonds is 8. The molecule has 2 aromatic rings. The van der Waals surface area contributed by atoms with Crippen LogP contribution < -0.4 is 5.32 Å². The third kappa shape index (κ3) is 6.45. The van der Waals surface area contributed by atoms with Gasteiger partial charge in [-0.05, 0) is 24.3 Å². The van der Waals surface area contributed by atoms with Gasteiger partial charge in [0.25, 0.3) is 0 Å². The molecule has 0 aliphatic carbocycles. The van der Waals surface area contributed by atoms with Gasteiger partial charge in [-0.1, -0.05) is 31.2 Å². The predicted octanol–water partition coefficient (Wildman–Crippen LogP) is 5.34. The zero-order chi connectivity index (χ0) is 18.1. The van der Waals surface area contributed by atoms with Crippen molar-refractivity contribution in [3.05, 3.63) is 54.3 Å². The Labute approximate surface area is 156 Å². The first-order valence-electron chi connectivity index (χ1n) is 7.90. The van der Waals surface area contributed by atoms with Crippen molar-refractivity contribution in [2.24, 2.45) is 0 Å². The van der Waals surface area contributed by atoms with Crippen LogP contribution in [-0.2, 0) is 4.79 Å². The normalized spacial score (nSPS) is 11.6. The maximum Gasteiger partial charge on any atom is 0.225 e. The van der Waals surface area contributed by atoms with Crippen molar-refractivity contribution in [1.82, 2.24) is 0 Å². The van der Waals surface area contributed by atoms with E-state index in [9.17, 15) is 9.18 Å². The summed E-state index contributed by atoms with van der Waals surface area (Å²) >= 11 is 2.90. The van der Waals surface area contributed by atoms with Crippen LogP contribution in [0.3, 0.4) is 0 Å². The molecule has 1 atom stereocenters. The van der Waals surface area contributed by atoms with Crippen LogP contribution in [0.5, 0.6) is 0 Å². The third-order valence-electron chi connectivity index (χ3n) is 3.29. The van der Waals surface area contributed by atoms with Crippen molar-refractivity contribution < 1.29 is 9.18 Å². The molecule has 3 nitrogen and oxygen atoms in total. The number of thioether (sulfide) groups is 2. The van der Waals surface area contributed by atoms with E-state index in [0.29, 0.717) is 23.5 Å². The van der Waals surface area contributed by atoms with Crippen molar-refractivity contribution >= 4 is 35.1 Å². The summed E-state index contributed by atoms with van der Waals surface area (Å²) in [5.41, 5.74) is 0.748. The number of nitrogens with one attached hydrogen (secondary N) is 1. The molecule has 0 bridgehead atoms. The molecule has 0 aliphatic heterocycles. The number of anilines is 1. The van der Waals surface area contributed by atoms with Crippen molar-refractivity contribution in [3.8, 4) is 6.07 Å². The maximum absolute atomic E-state index is 13.6. The lowest BCUT2D eigenvalue weighted by Gasteiger charge is -2.13.